The largest absolute Gasteiger partial charge is 0.350 e. The zero-order chi connectivity index (χ0) is 17.9. The molecule has 1 aromatic rings. The molecular formula is C18H26N2O2S2. The van der Waals surface area contributed by atoms with Crippen LogP contribution < -0.4 is 5.32 Å². The monoisotopic (exact) mass is 366 g/mol. The highest BCUT2D eigenvalue weighted by Crippen LogP contribution is 2.26. The highest BCUT2D eigenvalue weighted by Gasteiger charge is 2.36. The van der Waals surface area contributed by atoms with Gasteiger partial charge in [-0.2, -0.15) is 0 Å². The lowest BCUT2D eigenvalue weighted by atomic mass is 10.1. The molecule has 24 heavy (non-hydrogen) atoms. The molecule has 132 valence electrons. The third-order valence-electron chi connectivity index (χ3n) is 3.42. The van der Waals surface area contributed by atoms with Crippen LogP contribution in [0.4, 0.5) is 0 Å². The summed E-state index contributed by atoms with van der Waals surface area (Å²) in [5, 5.41) is 3.49. The van der Waals surface area contributed by atoms with Crippen LogP contribution in [0.15, 0.2) is 29.2 Å². The van der Waals surface area contributed by atoms with Crippen molar-refractivity contribution in [3.8, 4) is 0 Å². The highest BCUT2D eigenvalue weighted by molar-refractivity contribution is 8.00. The van der Waals surface area contributed by atoms with Crippen LogP contribution in [0, 0.1) is 0 Å². The number of nitrogens with one attached hydrogen (secondary N) is 1. The second-order valence-electron chi connectivity index (χ2n) is 7.22. The Bertz CT molecular complexity index is 594. The zero-order valence-corrected chi connectivity index (χ0v) is 16.6. The van der Waals surface area contributed by atoms with Crippen molar-refractivity contribution in [1.82, 2.24) is 10.2 Å². The Labute approximate surface area is 153 Å². The minimum atomic E-state index is -0.397. The number of nitrogens with zero attached hydrogens (tertiary/aromatic N) is 1. The van der Waals surface area contributed by atoms with Gasteiger partial charge >= 0.3 is 0 Å². The number of rotatable bonds is 4. The van der Waals surface area contributed by atoms with E-state index in [1.807, 2.05) is 45.0 Å². The van der Waals surface area contributed by atoms with Gasteiger partial charge in [-0.05, 0) is 45.0 Å². The van der Waals surface area contributed by atoms with Crippen molar-refractivity contribution in [2.75, 3.05) is 11.6 Å². The average Bonchev–Trinajstić information content (AvgIpc) is 2.94. The average molecular weight is 367 g/mol. The fraction of sp³-hybridized carbons (Fsp3) is 0.556. The summed E-state index contributed by atoms with van der Waals surface area (Å²) in [4.78, 5) is 28.1. The Kier molecular flexibility index (Phi) is 6.26. The maximum Gasteiger partial charge on any atom is 0.255 e. The fourth-order valence-corrected chi connectivity index (χ4v) is 4.42. The van der Waals surface area contributed by atoms with E-state index in [2.05, 4.69) is 19.2 Å². The summed E-state index contributed by atoms with van der Waals surface area (Å²) in [6.45, 7) is 10.1. The van der Waals surface area contributed by atoms with E-state index in [1.54, 1.807) is 28.4 Å². The number of hydrogen-bond donors (Lipinski definition) is 1. The van der Waals surface area contributed by atoms with Crippen LogP contribution in [0.25, 0.3) is 0 Å². The predicted molar refractivity (Wildman–Crippen MR) is 103 cm³/mol. The summed E-state index contributed by atoms with van der Waals surface area (Å²) < 4.78 is 0. The van der Waals surface area contributed by atoms with Gasteiger partial charge in [0, 0.05) is 27.0 Å². The summed E-state index contributed by atoms with van der Waals surface area (Å²) >= 11 is 3.39. The molecule has 0 saturated carbocycles. The molecule has 0 aromatic heterocycles. The van der Waals surface area contributed by atoms with Crippen molar-refractivity contribution in [3.63, 3.8) is 0 Å². The highest BCUT2D eigenvalue weighted by atomic mass is 32.2. The molecule has 1 saturated heterocycles. The molecule has 1 aliphatic heterocycles. The Morgan fingerprint density at radius 1 is 1.25 bits per heavy atom. The molecule has 1 N–H and O–H groups in total. The summed E-state index contributed by atoms with van der Waals surface area (Å²) in [7, 11) is 0. The van der Waals surface area contributed by atoms with Gasteiger partial charge in [-0.3, -0.25) is 9.59 Å². The molecule has 1 heterocycles. The number of hydrogen-bond acceptors (Lipinski definition) is 4. The van der Waals surface area contributed by atoms with Crippen molar-refractivity contribution in [3.05, 3.63) is 29.8 Å². The first kappa shape index (κ1) is 19.2. The van der Waals surface area contributed by atoms with Crippen LogP contribution in [0.5, 0.6) is 0 Å². The lowest BCUT2D eigenvalue weighted by molar-refractivity contribution is -0.125. The molecule has 2 rings (SSSR count). The lowest BCUT2D eigenvalue weighted by Crippen LogP contribution is -2.52. The first-order chi connectivity index (χ1) is 11.2. The van der Waals surface area contributed by atoms with E-state index in [4.69, 9.17) is 0 Å². The normalized spacial score (nSPS) is 18.1. The van der Waals surface area contributed by atoms with E-state index in [1.165, 1.54) is 0 Å². The number of thioether (sulfide) groups is 2. The van der Waals surface area contributed by atoms with Crippen LogP contribution in [-0.2, 0) is 4.79 Å². The van der Waals surface area contributed by atoms with Crippen molar-refractivity contribution in [2.45, 2.75) is 56.3 Å². The van der Waals surface area contributed by atoms with Gasteiger partial charge in [0.1, 0.15) is 6.04 Å². The Morgan fingerprint density at radius 3 is 2.42 bits per heavy atom. The van der Waals surface area contributed by atoms with Gasteiger partial charge in [0.15, 0.2) is 0 Å². The third-order valence-corrected chi connectivity index (χ3v) is 5.44. The Hall–Kier alpha value is -1.14. The molecule has 1 aromatic carbocycles. The molecule has 1 aliphatic rings. The minimum absolute atomic E-state index is 0.0739. The number of benzene rings is 1. The van der Waals surface area contributed by atoms with Crippen LogP contribution in [0.2, 0.25) is 0 Å². The van der Waals surface area contributed by atoms with E-state index in [9.17, 15) is 9.59 Å². The minimum Gasteiger partial charge on any atom is -0.350 e. The predicted octanol–water partition coefficient (Wildman–Crippen LogP) is 3.62. The third kappa shape index (κ3) is 5.18. The molecule has 1 unspecified atom stereocenters. The van der Waals surface area contributed by atoms with Crippen LogP contribution in [0.1, 0.15) is 45.0 Å². The Balaban J connectivity index is 2.09. The van der Waals surface area contributed by atoms with Crippen molar-refractivity contribution >= 4 is 35.3 Å². The van der Waals surface area contributed by atoms with E-state index in [0.717, 1.165) is 4.90 Å². The summed E-state index contributed by atoms with van der Waals surface area (Å²) in [6.07, 6.45) is 0. The van der Waals surface area contributed by atoms with Crippen molar-refractivity contribution < 1.29 is 9.59 Å². The van der Waals surface area contributed by atoms with Gasteiger partial charge in [-0.1, -0.05) is 13.8 Å². The van der Waals surface area contributed by atoms with Gasteiger partial charge in [-0.25, -0.2) is 0 Å². The first-order valence-corrected chi connectivity index (χ1v) is 10.2. The molecule has 0 spiro atoms. The summed E-state index contributed by atoms with van der Waals surface area (Å²) in [6, 6.07) is 7.27. The molecule has 6 heteroatoms. The smallest absolute Gasteiger partial charge is 0.255 e. The van der Waals surface area contributed by atoms with E-state index in [-0.39, 0.29) is 17.4 Å². The summed E-state index contributed by atoms with van der Waals surface area (Å²) in [5.74, 6) is 1.06. The standard InChI is InChI=1S/C18H26N2O2S2/c1-12(2)24-14-8-6-13(7-9-14)17(22)20-11-23-10-15(20)16(21)19-18(3,4)5/h6-9,12,15H,10-11H2,1-5H3,(H,19,21). The lowest BCUT2D eigenvalue weighted by Gasteiger charge is -2.27. The molecule has 0 bridgehead atoms. The van der Waals surface area contributed by atoms with E-state index >= 15 is 0 Å². The van der Waals surface area contributed by atoms with Crippen molar-refractivity contribution in [2.24, 2.45) is 0 Å². The Morgan fingerprint density at radius 2 is 1.88 bits per heavy atom. The fourth-order valence-electron chi connectivity index (χ4n) is 2.43. The van der Waals surface area contributed by atoms with Crippen molar-refractivity contribution in [1.29, 1.82) is 0 Å². The van der Waals surface area contributed by atoms with Gasteiger partial charge in [0.05, 0.1) is 5.88 Å². The van der Waals surface area contributed by atoms with Gasteiger partial charge in [0.25, 0.3) is 5.91 Å². The van der Waals surface area contributed by atoms with Crippen LogP contribution in [0.3, 0.4) is 0 Å². The number of carbonyl (C=O) groups is 2. The maximum atomic E-state index is 12.8. The van der Waals surface area contributed by atoms with Gasteiger partial charge in [-0.15, -0.1) is 23.5 Å². The number of carbonyl (C=O) groups excluding carboxylic acids is 2. The van der Waals surface area contributed by atoms with E-state index in [0.29, 0.717) is 22.4 Å². The van der Waals surface area contributed by atoms with Gasteiger partial charge in [0.2, 0.25) is 5.91 Å². The van der Waals surface area contributed by atoms with Gasteiger partial charge < -0.3 is 10.2 Å². The topological polar surface area (TPSA) is 49.4 Å². The SMILES string of the molecule is CC(C)Sc1ccc(C(=O)N2CSCC2C(=O)NC(C)(C)C)cc1. The molecular weight excluding hydrogens is 340 g/mol. The molecule has 2 amide bonds. The van der Waals surface area contributed by atoms with Crippen LogP contribution in [-0.4, -0.2) is 45.2 Å². The maximum absolute atomic E-state index is 12.8. The zero-order valence-electron chi connectivity index (χ0n) is 15.0. The molecule has 0 radical (unpaired) electrons. The molecule has 1 fully saturated rings. The molecule has 1 atom stereocenters. The number of amides is 2. The van der Waals surface area contributed by atoms with Crippen LogP contribution >= 0.6 is 23.5 Å². The second-order valence-corrected chi connectivity index (χ2v) is 9.87. The first-order valence-electron chi connectivity index (χ1n) is 8.15. The second kappa shape index (κ2) is 7.83. The summed E-state index contributed by atoms with van der Waals surface area (Å²) in [5.41, 5.74) is 0.341. The molecule has 0 aliphatic carbocycles. The molecule has 4 nitrogen and oxygen atoms in total. The quantitative estimate of drug-likeness (QED) is 0.827. The van der Waals surface area contributed by atoms with E-state index < -0.39 is 6.04 Å².